The Labute approximate surface area is 182 Å². The fourth-order valence-corrected chi connectivity index (χ4v) is 4.92. The van der Waals surface area contributed by atoms with Gasteiger partial charge in [-0.05, 0) is 31.4 Å². The first-order valence-corrected chi connectivity index (χ1v) is 11.0. The average Bonchev–Trinajstić information content (AvgIpc) is 2.60. The lowest BCUT2D eigenvalue weighted by Gasteiger charge is -2.38. The summed E-state index contributed by atoms with van der Waals surface area (Å²) in [6.45, 7) is 18.3. The maximum atomic E-state index is 5.59. The van der Waals surface area contributed by atoms with Crippen molar-refractivity contribution in [1.29, 1.82) is 0 Å². The van der Waals surface area contributed by atoms with Crippen molar-refractivity contribution in [3.05, 3.63) is 0 Å². The molecule has 0 atom stereocenters. The molecule has 0 saturated carbocycles. The monoisotopic (exact) mass is 498 g/mol. The minimum Gasteiger partial charge on any atom is -0.381 e. The number of piperazine rings is 1. The van der Waals surface area contributed by atoms with Gasteiger partial charge in [-0.15, -0.1) is 24.0 Å². The third-order valence-corrected chi connectivity index (χ3v) is 6.44. The van der Waals surface area contributed by atoms with E-state index >= 15 is 0 Å². The van der Waals surface area contributed by atoms with E-state index in [1.54, 1.807) is 0 Å². The highest BCUT2D eigenvalue weighted by molar-refractivity contribution is 14.0. The molecule has 0 aliphatic carbocycles. The number of nitrogens with zero attached hydrogens (tertiary/aromatic N) is 3. The molecule has 2 saturated heterocycles. The Hall–Kier alpha value is 0.270. The van der Waals surface area contributed by atoms with Crippen molar-refractivity contribution >= 4 is 41.7 Å². The topological polar surface area (TPSA) is 40.1 Å². The van der Waals surface area contributed by atoms with E-state index in [0.29, 0.717) is 0 Å². The first-order chi connectivity index (χ1) is 12.1. The number of guanidine groups is 1. The smallest absolute Gasteiger partial charge is 0.194 e. The molecule has 0 amide bonds. The highest BCUT2D eigenvalue weighted by Crippen LogP contribution is 2.35. The molecule has 26 heavy (non-hydrogen) atoms. The number of aliphatic imine (C=N–C) groups is 1. The molecule has 2 rings (SSSR count). The lowest BCUT2D eigenvalue weighted by molar-refractivity contribution is 0.0792. The van der Waals surface area contributed by atoms with Gasteiger partial charge in [-0.3, -0.25) is 9.89 Å². The van der Waals surface area contributed by atoms with Crippen LogP contribution < -0.4 is 5.32 Å². The van der Waals surface area contributed by atoms with Gasteiger partial charge in [0.2, 0.25) is 0 Å². The summed E-state index contributed by atoms with van der Waals surface area (Å²) in [5.41, 5.74) is 0. The van der Waals surface area contributed by atoms with Gasteiger partial charge in [-0.1, -0.05) is 20.8 Å². The molecule has 1 N–H and O–H groups in total. The second-order valence-electron chi connectivity index (χ2n) is 7.58. The SMILES string of the molecule is CCNC(=NCC1(SCC)CCOCC1)N1CCN(CC(C)C)CC1.I. The highest BCUT2D eigenvalue weighted by Gasteiger charge is 2.33. The fraction of sp³-hybridized carbons (Fsp3) is 0.947. The number of hydrogen-bond donors (Lipinski definition) is 1. The van der Waals surface area contributed by atoms with Crippen LogP contribution in [0.4, 0.5) is 0 Å². The van der Waals surface area contributed by atoms with Gasteiger partial charge >= 0.3 is 0 Å². The summed E-state index contributed by atoms with van der Waals surface area (Å²) >= 11 is 2.07. The molecule has 0 unspecified atom stereocenters. The van der Waals surface area contributed by atoms with E-state index in [2.05, 4.69) is 54.6 Å². The molecule has 154 valence electrons. The summed E-state index contributed by atoms with van der Waals surface area (Å²) in [6, 6.07) is 0. The van der Waals surface area contributed by atoms with E-state index in [9.17, 15) is 0 Å². The van der Waals surface area contributed by atoms with Crippen LogP contribution in [0.2, 0.25) is 0 Å². The van der Waals surface area contributed by atoms with Gasteiger partial charge in [0, 0.05) is 57.2 Å². The van der Waals surface area contributed by atoms with E-state index in [0.717, 1.165) is 83.0 Å². The predicted octanol–water partition coefficient (Wildman–Crippen LogP) is 3.15. The summed E-state index contributed by atoms with van der Waals surface area (Å²) < 4.78 is 5.86. The largest absolute Gasteiger partial charge is 0.381 e. The van der Waals surface area contributed by atoms with E-state index in [1.807, 2.05) is 0 Å². The van der Waals surface area contributed by atoms with Gasteiger partial charge < -0.3 is 15.0 Å². The van der Waals surface area contributed by atoms with Crippen LogP contribution in [0, 0.1) is 5.92 Å². The maximum absolute atomic E-state index is 5.59. The van der Waals surface area contributed by atoms with Crippen LogP contribution in [-0.4, -0.2) is 85.3 Å². The predicted molar refractivity (Wildman–Crippen MR) is 125 cm³/mol. The van der Waals surface area contributed by atoms with Crippen LogP contribution >= 0.6 is 35.7 Å². The van der Waals surface area contributed by atoms with E-state index in [1.165, 1.54) is 6.54 Å². The Balaban J connectivity index is 0.00000338. The molecular formula is C19H39IN4OS. The normalized spacial score (nSPS) is 21.6. The average molecular weight is 499 g/mol. The van der Waals surface area contributed by atoms with Crippen LogP contribution in [0.25, 0.3) is 0 Å². The number of rotatable bonds is 7. The summed E-state index contributed by atoms with van der Waals surface area (Å²) in [7, 11) is 0. The number of nitrogens with one attached hydrogen (secondary N) is 1. The molecule has 0 aromatic carbocycles. The molecule has 0 bridgehead atoms. The minimum atomic E-state index is 0. The quantitative estimate of drug-likeness (QED) is 0.332. The number of ether oxygens (including phenoxy) is 1. The van der Waals surface area contributed by atoms with Crippen molar-refractivity contribution in [3.8, 4) is 0 Å². The molecule has 5 nitrogen and oxygen atoms in total. The molecule has 2 fully saturated rings. The first kappa shape index (κ1) is 24.3. The molecular weight excluding hydrogens is 459 g/mol. The Morgan fingerprint density at radius 3 is 2.35 bits per heavy atom. The van der Waals surface area contributed by atoms with Crippen molar-refractivity contribution in [2.75, 3.05) is 64.8 Å². The fourth-order valence-electron chi connectivity index (χ4n) is 3.70. The molecule has 0 radical (unpaired) electrons. The van der Waals surface area contributed by atoms with Crippen molar-refractivity contribution in [2.45, 2.75) is 45.3 Å². The lowest BCUT2D eigenvalue weighted by Crippen LogP contribution is -2.53. The van der Waals surface area contributed by atoms with E-state index in [-0.39, 0.29) is 28.7 Å². The highest BCUT2D eigenvalue weighted by atomic mass is 127. The lowest BCUT2D eigenvalue weighted by atomic mass is 9.99. The summed E-state index contributed by atoms with van der Waals surface area (Å²) in [5.74, 6) is 3.00. The third-order valence-electron chi connectivity index (χ3n) is 5.00. The Bertz CT molecular complexity index is 403. The Morgan fingerprint density at radius 1 is 1.15 bits per heavy atom. The van der Waals surface area contributed by atoms with Gasteiger partial charge in [-0.25, -0.2) is 0 Å². The van der Waals surface area contributed by atoms with Gasteiger partial charge in [-0.2, -0.15) is 11.8 Å². The standard InChI is InChI=1S/C19H38N4OS.HI/c1-5-20-18(23-11-9-22(10-12-23)15-17(3)4)21-16-19(25-6-2)7-13-24-14-8-19;/h17H,5-16H2,1-4H3,(H,20,21);1H. The van der Waals surface area contributed by atoms with Crippen LogP contribution in [-0.2, 0) is 4.74 Å². The molecule has 7 heteroatoms. The number of halogens is 1. The van der Waals surface area contributed by atoms with E-state index < -0.39 is 0 Å². The van der Waals surface area contributed by atoms with Gasteiger partial charge in [0.25, 0.3) is 0 Å². The summed E-state index contributed by atoms with van der Waals surface area (Å²) in [6.07, 6.45) is 2.24. The molecule has 2 heterocycles. The van der Waals surface area contributed by atoms with Crippen molar-refractivity contribution in [3.63, 3.8) is 0 Å². The van der Waals surface area contributed by atoms with E-state index in [4.69, 9.17) is 9.73 Å². The Morgan fingerprint density at radius 2 is 1.81 bits per heavy atom. The third kappa shape index (κ3) is 7.72. The number of thioether (sulfide) groups is 1. The first-order valence-electron chi connectivity index (χ1n) is 10.1. The maximum Gasteiger partial charge on any atom is 0.194 e. The molecule has 0 aromatic heterocycles. The van der Waals surface area contributed by atoms with Crippen molar-refractivity contribution in [1.82, 2.24) is 15.1 Å². The Kier molecular flexibility index (Phi) is 11.8. The second-order valence-corrected chi connectivity index (χ2v) is 9.31. The summed E-state index contributed by atoms with van der Waals surface area (Å²) in [4.78, 5) is 10.1. The van der Waals surface area contributed by atoms with Crippen LogP contribution in [0.15, 0.2) is 4.99 Å². The molecule has 0 aromatic rings. The molecule has 2 aliphatic rings. The van der Waals surface area contributed by atoms with Crippen LogP contribution in [0.3, 0.4) is 0 Å². The second kappa shape index (κ2) is 12.7. The number of hydrogen-bond acceptors (Lipinski definition) is 4. The van der Waals surface area contributed by atoms with Gasteiger partial charge in [0.1, 0.15) is 0 Å². The zero-order valence-corrected chi connectivity index (χ0v) is 20.3. The summed E-state index contributed by atoms with van der Waals surface area (Å²) in [5, 5.41) is 3.52. The van der Waals surface area contributed by atoms with Crippen molar-refractivity contribution < 1.29 is 4.74 Å². The molecule has 2 aliphatic heterocycles. The van der Waals surface area contributed by atoms with Gasteiger partial charge in [0.05, 0.1) is 6.54 Å². The van der Waals surface area contributed by atoms with Crippen molar-refractivity contribution in [2.24, 2.45) is 10.9 Å². The minimum absolute atomic E-state index is 0. The van der Waals surface area contributed by atoms with Gasteiger partial charge in [0.15, 0.2) is 5.96 Å². The zero-order chi connectivity index (χ0) is 18.1. The molecule has 0 spiro atoms. The van der Waals surface area contributed by atoms with Crippen LogP contribution in [0.5, 0.6) is 0 Å². The van der Waals surface area contributed by atoms with Crippen LogP contribution in [0.1, 0.15) is 40.5 Å². The zero-order valence-electron chi connectivity index (χ0n) is 17.1.